The number of carbonyl (C=O) groups excluding carboxylic acids is 1. The number of carbonyl (C=O) groups is 1. The lowest BCUT2D eigenvalue weighted by molar-refractivity contribution is -0.114. The maximum atomic E-state index is 11.8. The molecule has 1 aromatic rings. The molecule has 15 heavy (non-hydrogen) atoms. The van der Waals surface area contributed by atoms with Crippen molar-refractivity contribution in [1.82, 2.24) is 20.2 Å². The highest BCUT2D eigenvalue weighted by Crippen LogP contribution is 2.30. The first-order valence-electron chi connectivity index (χ1n) is 4.46. The van der Waals surface area contributed by atoms with Crippen LogP contribution in [0.15, 0.2) is 10.6 Å². The van der Waals surface area contributed by atoms with Crippen LogP contribution in [0, 0.1) is 0 Å². The highest BCUT2D eigenvalue weighted by atomic mass is 35.5. The van der Waals surface area contributed by atoms with Gasteiger partial charge in [0.25, 0.3) is 11.9 Å². The molecule has 0 radical (unpaired) electrons. The Labute approximate surface area is 91.5 Å². The molecular formula is C8H10ClN5O. The van der Waals surface area contributed by atoms with Crippen molar-refractivity contribution in [3.05, 3.63) is 10.6 Å². The summed E-state index contributed by atoms with van der Waals surface area (Å²) in [6.45, 7) is 3.69. The minimum absolute atomic E-state index is 0.116. The van der Waals surface area contributed by atoms with E-state index in [1.807, 2.05) is 13.8 Å². The summed E-state index contributed by atoms with van der Waals surface area (Å²) in [5.41, 5.74) is 0.828. The molecule has 2 heterocycles. The van der Waals surface area contributed by atoms with E-state index in [-0.39, 0.29) is 22.9 Å². The molecule has 0 aromatic carbocycles. The second kappa shape index (κ2) is 3.30. The van der Waals surface area contributed by atoms with Gasteiger partial charge in [0, 0.05) is 0 Å². The molecule has 0 fully saturated rings. The Hall–Kier alpha value is -1.43. The monoisotopic (exact) mass is 227 g/mol. The van der Waals surface area contributed by atoms with Crippen molar-refractivity contribution >= 4 is 23.5 Å². The fourth-order valence-electron chi connectivity index (χ4n) is 1.46. The number of hydrogen-bond acceptors (Lipinski definition) is 4. The number of aromatic nitrogens is 4. The fraction of sp³-hybridized carbons (Fsp3) is 0.500. The van der Waals surface area contributed by atoms with Gasteiger partial charge in [0.15, 0.2) is 0 Å². The van der Waals surface area contributed by atoms with Crippen molar-refractivity contribution in [3.63, 3.8) is 0 Å². The van der Waals surface area contributed by atoms with E-state index in [1.165, 1.54) is 9.70 Å². The van der Waals surface area contributed by atoms with E-state index >= 15 is 0 Å². The lowest BCUT2D eigenvalue weighted by Crippen LogP contribution is -2.34. The molecule has 2 rings (SSSR count). The number of hydrogen-bond donors (Lipinski definition) is 0. The van der Waals surface area contributed by atoms with Gasteiger partial charge in [-0.25, -0.2) is 0 Å². The third-order valence-electron chi connectivity index (χ3n) is 2.48. The first-order chi connectivity index (χ1) is 7.02. The Kier molecular flexibility index (Phi) is 2.22. The quantitative estimate of drug-likeness (QED) is 0.699. The van der Waals surface area contributed by atoms with Gasteiger partial charge < -0.3 is 0 Å². The zero-order valence-corrected chi connectivity index (χ0v) is 9.36. The lowest BCUT2D eigenvalue weighted by Gasteiger charge is -2.17. The molecule has 0 saturated heterocycles. The molecular weight excluding hydrogens is 218 g/mol. The molecule has 1 aliphatic rings. The lowest BCUT2D eigenvalue weighted by atomic mass is 10.2. The number of nitrogens with zero attached hydrogens (tertiary/aromatic N) is 5. The molecule has 7 heteroatoms. The minimum atomic E-state index is -0.269. The van der Waals surface area contributed by atoms with Crippen LogP contribution in [0.5, 0.6) is 0 Å². The summed E-state index contributed by atoms with van der Waals surface area (Å²) >= 11 is 5.87. The molecule has 0 aliphatic carbocycles. The van der Waals surface area contributed by atoms with Crippen LogP contribution in [0.3, 0.4) is 0 Å². The third-order valence-corrected chi connectivity index (χ3v) is 2.94. The Bertz CT molecular complexity index is 452. The summed E-state index contributed by atoms with van der Waals surface area (Å²) in [7, 11) is 1.64. The molecule has 1 atom stereocenters. The molecule has 0 bridgehead atoms. The van der Waals surface area contributed by atoms with Gasteiger partial charge in [-0.1, -0.05) is 16.7 Å². The molecule has 80 valence electrons. The topological polar surface area (TPSA) is 63.9 Å². The van der Waals surface area contributed by atoms with E-state index in [0.717, 1.165) is 5.57 Å². The Morgan fingerprint density at radius 2 is 2.13 bits per heavy atom. The molecule has 1 aromatic heterocycles. The van der Waals surface area contributed by atoms with Crippen molar-refractivity contribution in [3.8, 4) is 0 Å². The summed E-state index contributed by atoms with van der Waals surface area (Å²) in [6.07, 6.45) is 0. The van der Waals surface area contributed by atoms with Gasteiger partial charge in [-0.2, -0.15) is 4.80 Å². The van der Waals surface area contributed by atoms with E-state index in [2.05, 4.69) is 15.4 Å². The highest BCUT2D eigenvalue weighted by Gasteiger charge is 2.36. The average Bonchev–Trinajstić information content (AvgIpc) is 2.68. The summed E-state index contributed by atoms with van der Waals surface area (Å²) in [5, 5.41) is 11.7. The molecule has 0 N–H and O–H groups in total. The van der Waals surface area contributed by atoms with E-state index in [9.17, 15) is 4.79 Å². The average molecular weight is 228 g/mol. The molecule has 1 unspecified atom stereocenters. The second-order valence-electron chi connectivity index (χ2n) is 3.43. The highest BCUT2D eigenvalue weighted by molar-refractivity contribution is 6.45. The predicted octanol–water partition coefficient (Wildman–Crippen LogP) is 0.458. The van der Waals surface area contributed by atoms with E-state index in [0.29, 0.717) is 0 Å². The first kappa shape index (κ1) is 10.1. The van der Waals surface area contributed by atoms with Gasteiger partial charge >= 0.3 is 0 Å². The number of anilines is 1. The van der Waals surface area contributed by atoms with Crippen LogP contribution in [0.4, 0.5) is 5.95 Å². The SMILES string of the molecule is CC1=C(Cl)C(=O)N(c2nnn(C)n2)C1C. The van der Waals surface area contributed by atoms with Crippen LogP contribution in [0.1, 0.15) is 13.8 Å². The Balaban J connectivity index is 2.38. The largest absolute Gasteiger partial charge is 0.273 e. The molecule has 0 saturated carbocycles. The van der Waals surface area contributed by atoms with Crippen molar-refractivity contribution in [2.45, 2.75) is 19.9 Å². The number of rotatable bonds is 1. The maximum Gasteiger partial charge on any atom is 0.273 e. The third kappa shape index (κ3) is 1.41. The first-order valence-corrected chi connectivity index (χ1v) is 4.84. The van der Waals surface area contributed by atoms with Gasteiger partial charge in [0.1, 0.15) is 5.03 Å². The van der Waals surface area contributed by atoms with Gasteiger partial charge in [-0.05, 0) is 24.6 Å². The standard InChI is InChI=1S/C8H10ClN5O/c1-4-5(2)14(7(15)6(4)9)8-10-12-13(3)11-8/h5H,1-3H3. The predicted molar refractivity (Wildman–Crippen MR) is 54.3 cm³/mol. The van der Waals surface area contributed by atoms with Crippen molar-refractivity contribution in [1.29, 1.82) is 0 Å². The van der Waals surface area contributed by atoms with Crippen LogP contribution >= 0.6 is 11.6 Å². The van der Waals surface area contributed by atoms with E-state index in [1.54, 1.807) is 7.05 Å². The summed E-state index contributed by atoms with van der Waals surface area (Å²) < 4.78 is 0. The van der Waals surface area contributed by atoms with Crippen LogP contribution in [-0.2, 0) is 11.8 Å². The summed E-state index contributed by atoms with van der Waals surface area (Å²) in [5.74, 6) is 0.0136. The van der Waals surface area contributed by atoms with E-state index < -0.39 is 0 Å². The van der Waals surface area contributed by atoms with Crippen molar-refractivity contribution in [2.75, 3.05) is 4.90 Å². The molecule has 1 aliphatic heterocycles. The van der Waals surface area contributed by atoms with Crippen LogP contribution in [-0.4, -0.2) is 32.2 Å². The van der Waals surface area contributed by atoms with Gasteiger partial charge in [-0.15, -0.1) is 5.10 Å². The van der Waals surface area contributed by atoms with Crippen LogP contribution < -0.4 is 4.90 Å². The van der Waals surface area contributed by atoms with Crippen molar-refractivity contribution in [2.24, 2.45) is 7.05 Å². The van der Waals surface area contributed by atoms with Crippen LogP contribution in [0.25, 0.3) is 0 Å². The van der Waals surface area contributed by atoms with E-state index in [4.69, 9.17) is 11.6 Å². The zero-order chi connectivity index (χ0) is 11.2. The fourth-order valence-corrected chi connectivity index (χ4v) is 1.71. The minimum Gasteiger partial charge on any atom is -0.268 e. The Morgan fingerprint density at radius 3 is 2.53 bits per heavy atom. The summed E-state index contributed by atoms with van der Waals surface area (Å²) in [4.78, 5) is 14.5. The zero-order valence-electron chi connectivity index (χ0n) is 8.60. The summed E-state index contributed by atoms with van der Waals surface area (Å²) in [6, 6.07) is -0.116. The Morgan fingerprint density at radius 1 is 1.47 bits per heavy atom. The smallest absolute Gasteiger partial charge is 0.268 e. The number of tetrazole rings is 1. The number of aryl methyl sites for hydroxylation is 1. The molecule has 0 spiro atoms. The molecule has 6 nitrogen and oxygen atoms in total. The number of amides is 1. The maximum absolute atomic E-state index is 11.8. The second-order valence-corrected chi connectivity index (χ2v) is 3.80. The van der Waals surface area contributed by atoms with Crippen LogP contribution in [0.2, 0.25) is 0 Å². The van der Waals surface area contributed by atoms with Gasteiger partial charge in [-0.3, -0.25) is 9.69 Å². The van der Waals surface area contributed by atoms with Gasteiger partial charge in [0.05, 0.1) is 13.1 Å². The molecule has 1 amide bonds. The number of halogens is 1. The normalized spacial score (nSPS) is 21.7. The van der Waals surface area contributed by atoms with Crippen molar-refractivity contribution < 1.29 is 4.79 Å². The van der Waals surface area contributed by atoms with Gasteiger partial charge in [0.2, 0.25) is 0 Å².